The van der Waals surface area contributed by atoms with Gasteiger partial charge in [0.25, 0.3) is 0 Å². The molecule has 2 heterocycles. The highest BCUT2D eigenvalue weighted by atomic mass is 32.2. The molecule has 0 radical (unpaired) electrons. The van der Waals surface area contributed by atoms with Crippen molar-refractivity contribution in [3.63, 3.8) is 0 Å². The molecule has 7 heteroatoms. The zero-order valence-corrected chi connectivity index (χ0v) is 16.7. The third kappa shape index (κ3) is 4.61. The van der Waals surface area contributed by atoms with Gasteiger partial charge in [0, 0.05) is 31.0 Å². The number of hydrogen-bond acceptors (Lipinski definition) is 6. The Balaban J connectivity index is 1.80. The molecule has 0 fully saturated rings. The Hall–Kier alpha value is -2.51. The van der Waals surface area contributed by atoms with Gasteiger partial charge < -0.3 is 9.32 Å². The third-order valence-electron chi connectivity index (χ3n) is 4.28. The molecule has 0 unspecified atom stereocenters. The molecule has 0 aliphatic rings. The molecule has 0 saturated heterocycles. The molecule has 1 aromatic carbocycles. The number of pyridine rings is 1. The summed E-state index contributed by atoms with van der Waals surface area (Å²) in [6, 6.07) is 10.5. The monoisotopic (exact) mass is 385 g/mol. The molecule has 3 aromatic rings. The summed E-state index contributed by atoms with van der Waals surface area (Å²) in [4.78, 5) is 11.5. The van der Waals surface area contributed by atoms with Gasteiger partial charge in [0.15, 0.2) is 9.84 Å². The van der Waals surface area contributed by atoms with Crippen molar-refractivity contribution in [1.82, 2.24) is 14.9 Å². The Bertz CT molecular complexity index is 1020. The van der Waals surface area contributed by atoms with Crippen LogP contribution in [0.25, 0.3) is 22.7 Å². The Morgan fingerprint density at radius 1 is 1.04 bits per heavy atom. The van der Waals surface area contributed by atoms with E-state index in [2.05, 4.69) is 14.9 Å². The molecule has 2 aromatic heterocycles. The Kier molecular flexibility index (Phi) is 5.43. The zero-order valence-electron chi connectivity index (χ0n) is 15.9. The molecule has 6 nitrogen and oxygen atoms in total. The number of nitrogens with zero attached hydrogens (tertiary/aromatic N) is 3. The van der Waals surface area contributed by atoms with Crippen LogP contribution >= 0.6 is 0 Å². The minimum Gasteiger partial charge on any atom is -0.441 e. The summed E-state index contributed by atoms with van der Waals surface area (Å²) in [5.74, 6) is 1.39. The van der Waals surface area contributed by atoms with E-state index in [1.807, 2.05) is 33.2 Å². The number of aryl methyl sites for hydroxylation is 1. The number of sulfone groups is 1. The second-order valence-corrected chi connectivity index (χ2v) is 8.82. The number of rotatable bonds is 6. The maximum Gasteiger partial charge on any atom is 0.228 e. The summed E-state index contributed by atoms with van der Waals surface area (Å²) in [5.41, 5.74) is 3.38. The van der Waals surface area contributed by atoms with E-state index in [1.165, 1.54) is 6.26 Å². The molecule has 0 aliphatic carbocycles. The van der Waals surface area contributed by atoms with Gasteiger partial charge in [-0.2, -0.15) is 0 Å². The van der Waals surface area contributed by atoms with Crippen molar-refractivity contribution in [2.24, 2.45) is 0 Å². The molecule has 0 bridgehead atoms. The van der Waals surface area contributed by atoms with Crippen LogP contribution in [0, 0.1) is 6.92 Å². The topological polar surface area (TPSA) is 76.3 Å². The van der Waals surface area contributed by atoms with Gasteiger partial charge in [-0.3, -0.25) is 4.98 Å². The second kappa shape index (κ2) is 7.62. The first kappa shape index (κ1) is 19.3. The maximum absolute atomic E-state index is 11.6. The Labute approximate surface area is 159 Å². The van der Waals surface area contributed by atoms with Gasteiger partial charge in [-0.1, -0.05) is 12.1 Å². The van der Waals surface area contributed by atoms with E-state index in [0.29, 0.717) is 10.8 Å². The minimum absolute atomic E-state index is 0.295. The van der Waals surface area contributed by atoms with E-state index in [9.17, 15) is 8.42 Å². The van der Waals surface area contributed by atoms with Crippen LogP contribution in [0.15, 0.2) is 51.9 Å². The van der Waals surface area contributed by atoms with Crippen molar-refractivity contribution in [1.29, 1.82) is 0 Å². The highest BCUT2D eigenvalue weighted by Crippen LogP contribution is 2.25. The van der Waals surface area contributed by atoms with Crippen molar-refractivity contribution >= 4 is 9.84 Å². The Morgan fingerprint density at radius 3 is 2.26 bits per heavy atom. The highest BCUT2D eigenvalue weighted by Gasteiger charge is 2.13. The quantitative estimate of drug-likeness (QED) is 0.648. The molecule has 27 heavy (non-hydrogen) atoms. The zero-order chi connectivity index (χ0) is 19.6. The van der Waals surface area contributed by atoms with Crippen LogP contribution in [0.5, 0.6) is 0 Å². The van der Waals surface area contributed by atoms with Gasteiger partial charge in [-0.15, -0.1) is 0 Å². The van der Waals surface area contributed by atoms with Crippen molar-refractivity contribution in [3.8, 4) is 22.7 Å². The van der Waals surface area contributed by atoms with E-state index in [0.717, 1.165) is 41.2 Å². The third-order valence-corrected chi connectivity index (χ3v) is 5.41. The van der Waals surface area contributed by atoms with Crippen molar-refractivity contribution in [2.45, 2.75) is 18.2 Å². The lowest BCUT2D eigenvalue weighted by molar-refractivity contribution is 0.410. The first-order valence-electron chi connectivity index (χ1n) is 8.62. The van der Waals surface area contributed by atoms with E-state index in [1.54, 1.807) is 30.5 Å². The molecule has 0 saturated carbocycles. The van der Waals surface area contributed by atoms with Gasteiger partial charge in [0.1, 0.15) is 5.76 Å². The van der Waals surface area contributed by atoms with Gasteiger partial charge >= 0.3 is 0 Å². The average Bonchev–Trinajstić information content (AvgIpc) is 3.00. The van der Waals surface area contributed by atoms with E-state index in [4.69, 9.17) is 4.42 Å². The number of oxazole rings is 1. The number of benzene rings is 1. The first-order valence-corrected chi connectivity index (χ1v) is 10.5. The van der Waals surface area contributed by atoms with Crippen LogP contribution in [0.2, 0.25) is 0 Å². The van der Waals surface area contributed by atoms with Crippen LogP contribution < -0.4 is 0 Å². The fourth-order valence-corrected chi connectivity index (χ4v) is 3.31. The van der Waals surface area contributed by atoms with Gasteiger partial charge in [-0.25, -0.2) is 13.4 Å². The highest BCUT2D eigenvalue weighted by molar-refractivity contribution is 7.90. The molecular formula is C20H23N3O3S. The van der Waals surface area contributed by atoms with Crippen molar-refractivity contribution < 1.29 is 12.8 Å². The Morgan fingerprint density at radius 2 is 1.70 bits per heavy atom. The molecular weight excluding hydrogens is 362 g/mol. The van der Waals surface area contributed by atoms with E-state index < -0.39 is 9.84 Å². The summed E-state index contributed by atoms with van der Waals surface area (Å²) in [6.07, 6.45) is 3.75. The second-order valence-electron chi connectivity index (χ2n) is 6.80. The smallest absolute Gasteiger partial charge is 0.228 e. The average molecular weight is 385 g/mol. The van der Waals surface area contributed by atoms with Crippen LogP contribution in [0.4, 0.5) is 0 Å². The molecule has 3 rings (SSSR count). The van der Waals surface area contributed by atoms with Crippen LogP contribution in [0.1, 0.15) is 11.5 Å². The van der Waals surface area contributed by atoms with E-state index >= 15 is 0 Å². The summed E-state index contributed by atoms with van der Waals surface area (Å²) < 4.78 is 28.9. The SMILES string of the molecule is Cc1oc(-c2ccc(-c3ccc(S(C)(=O)=O)cc3)nc2)nc1CCN(C)C. The molecule has 0 amide bonds. The number of aromatic nitrogens is 2. The van der Waals surface area contributed by atoms with E-state index in [-0.39, 0.29) is 0 Å². The van der Waals surface area contributed by atoms with Gasteiger partial charge in [0.2, 0.25) is 5.89 Å². The van der Waals surface area contributed by atoms with Crippen LogP contribution in [-0.2, 0) is 16.3 Å². The maximum atomic E-state index is 11.6. The van der Waals surface area contributed by atoms with Crippen LogP contribution in [-0.4, -0.2) is 50.2 Å². The standard InChI is InChI=1S/C20H23N3O3S/c1-14-18(11-12-23(2)3)22-20(26-14)16-7-10-19(21-13-16)15-5-8-17(9-6-15)27(4,24)25/h5-10,13H,11-12H2,1-4H3. The molecule has 0 N–H and O–H groups in total. The van der Waals surface area contributed by atoms with Crippen molar-refractivity contribution in [3.05, 3.63) is 54.0 Å². The minimum atomic E-state index is -3.20. The molecule has 0 atom stereocenters. The van der Waals surface area contributed by atoms with Gasteiger partial charge in [0.05, 0.1) is 21.8 Å². The number of likely N-dealkylation sites (N-methyl/N-ethyl adjacent to an activating group) is 1. The summed E-state index contributed by atoms with van der Waals surface area (Å²) in [5, 5.41) is 0. The normalized spacial score (nSPS) is 11.9. The fraction of sp³-hybridized carbons (Fsp3) is 0.300. The fourth-order valence-electron chi connectivity index (χ4n) is 2.68. The lowest BCUT2D eigenvalue weighted by Crippen LogP contribution is -2.15. The molecule has 0 spiro atoms. The summed E-state index contributed by atoms with van der Waals surface area (Å²) >= 11 is 0. The molecule has 142 valence electrons. The van der Waals surface area contributed by atoms with Gasteiger partial charge in [-0.05, 0) is 45.3 Å². The predicted octanol–water partition coefficient (Wildman–Crippen LogP) is 3.22. The number of hydrogen-bond donors (Lipinski definition) is 0. The summed E-state index contributed by atoms with van der Waals surface area (Å²) in [7, 11) is 0.858. The largest absolute Gasteiger partial charge is 0.441 e. The lowest BCUT2D eigenvalue weighted by Gasteiger charge is -2.06. The lowest BCUT2D eigenvalue weighted by atomic mass is 10.1. The van der Waals surface area contributed by atoms with Crippen molar-refractivity contribution in [2.75, 3.05) is 26.9 Å². The molecule has 0 aliphatic heterocycles. The first-order chi connectivity index (χ1) is 12.7. The predicted molar refractivity (Wildman–Crippen MR) is 105 cm³/mol. The van der Waals surface area contributed by atoms with Crippen LogP contribution in [0.3, 0.4) is 0 Å². The summed E-state index contributed by atoms with van der Waals surface area (Å²) in [6.45, 7) is 2.83.